The van der Waals surface area contributed by atoms with Crippen LogP contribution in [0.25, 0.3) is 10.9 Å². The summed E-state index contributed by atoms with van der Waals surface area (Å²) in [5, 5.41) is 56.1. The standard InChI is InChI=1S/C93H116Br2N16O19S/c1-11-12-32-73-91(128)108(7)50-78(115)100-69(46-80(117)118)87(124)106-81(54(4)5)93(130)110(9)74(43-56-26-18-14-19-27-56)88(125)104-70(42-59-38-63(94)82(119)64(95)39-59)89(126)107(6)49-77(114)99-68(45-60-47-97-65-31-23-22-30-62(60)65)86(123)103-67(40-58-33-35-61(112)36-34-58)85(122)102-66(37-53(2)3)84(121)105-72(83(120)98-48-76(96)113)51-131-52-79(116)101-71(41-55-24-16-13-17-25-55)90(127)111(10)75(92(129)109(73)8)44-57-28-20-15-21-29-57/h13-31,33-36,38-39,47,53-54,66-75,81,97,112,119H,11-12,32,37,40-46,48-52H2,1-10H3,(H2,96,113)(H,98,120)(H,99,114)(H,100,115)(H,101,116)(H,102,122)(H,103,123)(H,104,125)(H,105,121)(H,106,124)(H,117,118)/t66-,67-,68-,69-,70-,71-,72-,73-,74-,75-,81-/m0/s1. The molecule has 0 aliphatic carbocycles. The average Bonchev–Trinajstić information content (AvgIpc) is 1.81. The van der Waals surface area contributed by atoms with Crippen molar-refractivity contribution in [3.63, 3.8) is 0 Å². The predicted molar refractivity (Wildman–Crippen MR) is 497 cm³/mol. The Morgan fingerprint density at radius 3 is 1.52 bits per heavy atom. The molecule has 1 aliphatic heterocycles. The number of aromatic nitrogens is 1. The molecule has 1 fully saturated rings. The molecule has 11 atom stereocenters. The molecule has 702 valence electrons. The molecule has 1 aliphatic rings. The largest absolute Gasteiger partial charge is 0.508 e. The summed E-state index contributed by atoms with van der Waals surface area (Å²) in [6.45, 7) is 6.13. The summed E-state index contributed by atoms with van der Waals surface area (Å²) in [5.74, 6) is -17.7. The minimum atomic E-state index is -1.92. The molecule has 131 heavy (non-hydrogen) atoms. The van der Waals surface area contributed by atoms with Gasteiger partial charge in [0.2, 0.25) is 88.6 Å². The van der Waals surface area contributed by atoms with Gasteiger partial charge in [0.05, 0.1) is 40.8 Å². The molecule has 0 saturated carbocycles. The van der Waals surface area contributed by atoms with Crippen LogP contribution in [0.5, 0.6) is 11.5 Å². The number of phenols is 2. The second-order valence-corrected chi connectivity index (χ2v) is 36.0. The Balaban J connectivity index is 1.22. The van der Waals surface area contributed by atoms with E-state index in [0.717, 1.165) is 26.5 Å². The van der Waals surface area contributed by atoms with Crippen molar-refractivity contribution >= 4 is 149 Å². The number of nitrogens with zero attached hydrogens (tertiary/aromatic N) is 5. The molecule has 1 saturated heterocycles. The van der Waals surface area contributed by atoms with Gasteiger partial charge in [0, 0.05) is 96.6 Å². The van der Waals surface area contributed by atoms with Gasteiger partial charge < -0.3 is 98.4 Å². The van der Waals surface area contributed by atoms with Crippen molar-refractivity contribution in [1.29, 1.82) is 0 Å². The topological polar surface area (TPSA) is 500 Å². The maximum Gasteiger partial charge on any atom is 0.305 e. The number of fused-ring (bicyclic) bond motifs is 1. The molecule has 7 aromatic rings. The van der Waals surface area contributed by atoms with Gasteiger partial charge in [-0.05, 0) is 120 Å². The number of amides is 15. The zero-order valence-corrected chi connectivity index (χ0v) is 78.7. The van der Waals surface area contributed by atoms with Crippen LogP contribution < -0.4 is 53.6 Å². The van der Waals surface area contributed by atoms with Crippen molar-refractivity contribution in [3.05, 3.63) is 200 Å². The van der Waals surface area contributed by atoms with Gasteiger partial charge in [0.25, 0.3) is 0 Å². The number of hydrogen-bond donors (Lipinski definition) is 14. The third kappa shape index (κ3) is 31.0. The first-order valence-electron chi connectivity index (χ1n) is 42.9. The Labute approximate surface area is 781 Å². The highest BCUT2D eigenvalue weighted by atomic mass is 79.9. The second-order valence-electron chi connectivity index (χ2n) is 33.3. The van der Waals surface area contributed by atoms with Gasteiger partial charge in [-0.2, -0.15) is 0 Å². The van der Waals surface area contributed by atoms with Gasteiger partial charge in [-0.25, -0.2) is 0 Å². The summed E-state index contributed by atoms with van der Waals surface area (Å²) in [6, 6.07) is 24.3. The summed E-state index contributed by atoms with van der Waals surface area (Å²) < 4.78 is 0.345. The van der Waals surface area contributed by atoms with Crippen LogP contribution in [0.15, 0.2) is 167 Å². The van der Waals surface area contributed by atoms with E-state index < -0.39 is 199 Å². The Bertz CT molecular complexity index is 5190. The first-order chi connectivity index (χ1) is 62.2. The van der Waals surface area contributed by atoms with Crippen molar-refractivity contribution < 1.29 is 92.0 Å². The SMILES string of the molecule is CCCC[C@H]1C(=O)N(C)CC(=O)N[C@@H](CC(=O)O)C(=O)N[C@@H](C(C)C)C(=O)N(C)[C@@H](Cc2ccccc2)C(=O)N[C@@H](Cc2cc(Br)c(O)c(Br)c2)C(=O)N(C)CC(=O)N[C@@H](Cc2c[nH]c3ccccc23)C(=O)N[C@@H](Cc2ccc(O)cc2)C(=O)N[C@@H](CC(C)C)C(=O)N[C@H](C(=O)NCC(N)=O)CSCC(=O)N[C@@H](Cc2ccccc2)C(=O)N(C)[C@@H](Cc2ccccc2)C(=O)N1C. The third-order valence-electron chi connectivity index (χ3n) is 22.2. The van der Waals surface area contributed by atoms with Crippen LogP contribution in [0, 0.1) is 11.8 Å². The molecule has 0 spiro atoms. The van der Waals surface area contributed by atoms with Crippen molar-refractivity contribution in [2.75, 3.05) is 66.4 Å². The van der Waals surface area contributed by atoms with E-state index in [1.54, 1.807) is 149 Å². The molecule has 0 unspecified atom stereocenters. The molecule has 8 rings (SSSR count). The maximum absolute atomic E-state index is 15.5. The van der Waals surface area contributed by atoms with E-state index in [4.69, 9.17) is 5.73 Å². The van der Waals surface area contributed by atoms with E-state index in [1.807, 2.05) is 6.92 Å². The number of para-hydroxylation sites is 1. The normalized spacial score (nSPS) is 21.8. The fourth-order valence-corrected chi connectivity index (χ4v) is 17.2. The lowest BCUT2D eigenvalue weighted by atomic mass is 9.98. The Kier molecular flexibility index (Phi) is 39.5. The van der Waals surface area contributed by atoms with Gasteiger partial charge in [-0.15, -0.1) is 11.8 Å². The highest BCUT2D eigenvalue weighted by molar-refractivity contribution is 9.11. The number of benzene rings is 6. The molecular weight excluding hydrogens is 1840 g/mol. The van der Waals surface area contributed by atoms with E-state index in [2.05, 4.69) is 84.7 Å². The molecule has 6 aromatic carbocycles. The number of nitrogens with two attached hydrogens (primary N) is 1. The van der Waals surface area contributed by atoms with Crippen molar-refractivity contribution in [2.24, 2.45) is 17.6 Å². The average molecular weight is 1950 g/mol. The van der Waals surface area contributed by atoms with Crippen LogP contribution >= 0.6 is 43.6 Å². The molecule has 15 N–H and O–H groups in total. The zero-order valence-electron chi connectivity index (χ0n) is 74.7. The van der Waals surface area contributed by atoms with E-state index in [1.165, 1.54) is 81.4 Å². The zero-order chi connectivity index (χ0) is 96.0. The lowest BCUT2D eigenvalue weighted by molar-refractivity contribution is -0.151. The van der Waals surface area contributed by atoms with Gasteiger partial charge >= 0.3 is 5.97 Å². The quantitative estimate of drug-likeness (QED) is 0.0432. The fourth-order valence-electron chi connectivity index (χ4n) is 15.1. The number of carbonyl (C=O) groups is 16. The lowest BCUT2D eigenvalue weighted by Crippen LogP contribution is -2.61. The number of nitrogens with one attached hydrogen (secondary N) is 10. The van der Waals surface area contributed by atoms with E-state index in [-0.39, 0.29) is 83.5 Å². The minimum absolute atomic E-state index is 0.0262. The number of likely N-dealkylation sites (N-methyl/N-ethyl adjacent to an activating group) is 5. The van der Waals surface area contributed by atoms with E-state index in [9.17, 15) is 53.7 Å². The Morgan fingerprint density at radius 2 is 0.954 bits per heavy atom. The molecule has 0 radical (unpaired) electrons. The van der Waals surface area contributed by atoms with Gasteiger partial charge in [-0.1, -0.05) is 169 Å². The van der Waals surface area contributed by atoms with Crippen LogP contribution in [-0.2, 0) is 115 Å². The van der Waals surface area contributed by atoms with Crippen molar-refractivity contribution in [3.8, 4) is 11.5 Å². The number of unbranched alkanes of at least 4 members (excludes halogenated alkanes) is 1. The fraction of sp³-hybridized carbons (Fsp3) is 0.419. The number of rotatable bonds is 23. The molecule has 0 bridgehead atoms. The molecule has 1 aromatic heterocycles. The lowest BCUT2D eigenvalue weighted by Gasteiger charge is -2.37. The second kappa shape index (κ2) is 49.9. The van der Waals surface area contributed by atoms with Crippen molar-refractivity contribution in [1.82, 2.24) is 77.3 Å². The number of aliphatic carboxylic acids is 1. The van der Waals surface area contributed by atoms with Crippen LogP contribution in [-0.4, -0.2) is 272 Å². The number of thioether (sulfide) groups is 1. The number of hydrogen-bond acceptors (Lipinski definition) is 19. The van der Waals surface area contributed by atoms with E-state index in [0.29, 0.717) is 57.1 Å². The molecule has 15 amide bonds. The summed E-state index contributed by atoms with van der Waals surface area (Å²) in [7, 11) is 6.52. The number of carboxylic acids is 1. The first-order valence-corrected chi connectivity index (χ1v) is 45.6. The molecule has 35 nitrogen and oxygen atoms in total. The van der Waals surface area contributed by atoms with Crippen LogP contribution in [0.2, 0.25) is 0 Å². The minimum Gasteiger partial charge on any atom is -0.508 e. The number of H-pyrrole nitrogens is 1. The highest BCUT2D eigenvalue weighted by Gasteiger charge is 2.42. The molecular formula is C93H116Br2N16O19S. The van der Waals surface area contributed by atoms with E-state index >= 15 is 38.4 Å². The van der Waals surface area contributed by atoms with Gasteiger partial charge in [0.1, 0.15) is 78.0 Å². The highest BCUT2D eigenvalue weighted by Crippen LogP contribution is 2.34. The Hall–Kier alpha value is -12.7. The molecule has 2 heterocycles. The number of phenolic OH excluding ortho intramolecular Hbond substituents is 2. The number of primary amides is 1. The Morgan fingerprint density at radius 1 is 0.489 bits per heavy atom. The summed E-state index contributed by atoms with van der Waals surface area (Å²) in [5.41, 5.74) is 9.02. The summed E-state index contributed by atoms with van der Waals surface area (Å²) >= 11 is 7.51. The molecule has 38 heteroatoms. The van der Waals surface area contributed by atoms with Gasteiger partial charge in [-0.3, -0.25) is 76.7 Å². The van der Waals surface area contributed by atoms with Crippen LogP contribution in [0.1, 0.15) is 100 Å². The van der Waals surface area contributed by atoms with Crippen molar-refractivity contribution in [2.45, 2.75) is 172 Å². The first kappa shape index (κ1) is 104. The van der Waals surface area contributed by atoms with Crippen LogP contribution in [0.3, 0.4) is 0 Å². The predicted octanol–water partition coefficient (Wildman–Crippen LogP) is 3.85. The summed E-state index contributed by atoms with van der Waals surface area (Å²) in [4.78, 5) is 244. The summed E-state index contributed by atoms with van der Waals surface area (Å²) in [6.07, 6.45) is -0.0298. The number of aromatic hydroxyl groups is 2. The number of halogens is 2. The monoisotopic (exact) mass is 1950 g/mol. The number of carboxylic acid groups (broad SMARTS) is 1. The smallest absolute Gasteiger partial charge is 0.305 e. The third-order valence-corrected chi connectivity index (χ3v) is 24.4. The van der Waals surface area contributed by atoms with Gasteiger partial charge in [0.15, 0.2) is 0 Å². The van der Waals surface area contributed by atoms with Crippen LogP contribution in [0.4, 0.5) is 0 Å². The maximum atomic E-state index is 15.5. The number of carbonyl (C=O) groups excluding carboxylic acids is 15. The number of aromatic amines is 1.